The van der Waals surface area contributed by atoms with Crippen LogP contribution in [0.3, 0.4) is 0 Å². The Morgan fingerprint density at radius 3 is 2.78 bits per heavy atom. The summed E-state index contributed by atoms with van der Waals surface area (Å²) in [6.45, 7) is 3.65. The standard InChI is InChI=1S/C12H20N4O.HI/c1-4-8-14-12(13-2)15-9-10-6-5-7-11(16-10)17-3;/h5-7H,4,8-9H2,1-3H3,(H2,13,14,15);1H. The monoisotopic (exact) mass is 364 g/mol. The van der Waals surface area contributed by atoms with Crippen LogP contribution in [0.2, 0.25) is 0 Å². The van der Waals surface area contributed by atoms with Crippen LogP contribution in [0, 0.1) is 0 Å². The fraction of sp³-hybridized carbons (Fsp3) is 0.500. The summed E-state index contributed by atoms with van der Waals surface area (Å²) in [5.41, 5.74) is 0.920. The molecular formula is C12H21IN4O. The maximum atomic E-state index is 5.07. The van der Waals surface area contributed by atoms with Crippen LogP contribution in [0.5, 0.6) is 5.88 Å². The second-order valence-electron chi connectivity index (χ2n) is 3.52. The number of nitrogens with one attached hydrogen (secondary N) is 2. The molecule has 2 N–H and O–H groups in total. The molecule has 0 aliphatic rings. The lowest BCUT2D eigenvalue weighted by molar-refractivity contribution is 0.396. The van der Waals surface area contributed by atoms with Gasteiger partial charge in [-0.3, -0.25) is 4.99 Å². The highest BCUT2D eigenvalue weighted by Crippen LogP contribution is 2.05. The van der Waals surface area contributed by atoms with Gasteiger partial charge in [0.1, 0.15) is 0 Å². The molecule has 1 aromatic rings. The van der Waals surface area contributed by atoms with Crippen LogP contribution in [0.25, 0.3) is 0 Å². The van der Waals surface area contributed by atoms with Gasteiger partial charge in [0.2, 0.25) is 5.88 Å². The molecular weight excluding hydrogens is 343 g/mol. The lowest BCUT2D eigenvalue weighted by Gasteiger charge is -2.10. The molecule has 1 rings (SSSR count). The zero-order valence-corrected chi connectivity index (χ0v) is 13.4. The van der Waals surface area contributed by atoms with Crippen molar-refractivity contribution in [3.8, 4) is 5.88 Å². The van der Waals surface area contributed by atoms with E-state index < -0.39 is 0 Å². The molecule has 0 fully saturated rings. The molecule has 0 saturated heterocycles. The Morgan fingerprint density at radius 1 is 1.39 bits per heavy atom. The Labute approximate surface area is 125 Å². The van der Waals surface area contributed by atoms with Crippen molar-refractivity contribution in [1.82, 2.24) is 15.6 Å². The number of nitrogens with zero attached hydrogens (tertiary/aromatic N) is 2. The van der Waals surface area contributed by atoms with E-state index in [1.165, 1.54) is 0 Å². The summed E-state index contributed by atoms with van der Waals surface area (Å²) in [4.78, 5) is 8.43. The van der Waals surface area contributed by atoms with Gasteiger partial charge in [0, 0.05) is 19.7 Å². The Morgan fingerprint density at radius 2 is 2.17 bits per heavy atom. The number of methoxy groups -OCH3 is 1. The first-order valence-electron chi connectivity index (χ1n) is 5.74. The Balaban J connectivity index is 0.00000289. The van der Waals surface area contributed by atoms with Gasteiger partial charge in [-0.15, -0.1) is 24.0 Å². The highest BCUT2D eigenvalue weighted by Gasteiger charge is 1.99. The summed E-state index contributed by atoms with van der Waals surface area (Å²) >= 11 is 0. The van der Waals surface area contributed by atoms with Crippen LogP contribution in [-0.2, 0) is 6.54 Å². The molecule has 1 heterocycles. The van der Waals surface area contributed by atoms with Crippen LogP contribution < -0.4 is 15.4 Å². The Bertz CT molecular complexity index is 371. The van der Waals surface area contributed by atoms with E-state index in [2.05, 4.69) is 27.5 Å². The van der Waals surface area contributed by atoms with Gasteiger partial charge in [-0.25, -0.2) is 4.98 Å². The highest BCUT2D eigenvalue weighted by molar-refractivity contribution is 14.0. The van der Waals surface area contributed by atoms with Crippen molar-refractivity contribution in [3.05, 3.63) is 23.9 Å². The quantitative estimate of drug-likeness (QED) is 0.475. The molecule has 0 radical (unpaired) electrons. The maximum Gasteiger partial charge on any atom is 0.213 e. The molecule has 1 aromatic heterocycles. The molecule has 18 heavy (non-hydrogen) atoms. The Hall–Kier alpha value is -1.05. The summed E-state index contributed by atoms with van der Waals surface area (Å²) in [5, 5.41) is 6.39. The Kier molecular flexibility index (Phi) is 9.35. The van der Waals surface area contributed by atoms with Crippen LogP contribution in [0.15, 0.2) is 23.2 Å². The van der Waals surface area contributed by atoms with E-state index in [1.54, 1.807) is 14.2 Å². The average Bonchev–Trinajstić information content (AvgIpc) is 2.39. The van der Waals surface area contributed by atoms with Crippen molar-refractivity contribution < 1.29 is 4.74 Å². The molecule has 0 saturated carbocycles. The number of aromatic nitrogens is 1. The van der Waals surface area contributed by atoms with E-state index in [0.717, 1.165) is 24.6 Å². The van der Waals surface area contributed by atoms with Gasteiger partial charge in [-0.1, -0.05) is 13.0 Å². The molecule has 102 valence electrons. The van der Waals surface area contributed by atoms with Crippen molar-refractivity contribution in [1.29, 1.82) is 0 Å². The minimum absolute atomic E-state index is 0. The number of rotatable bonds is 5. The predicted molar refractivity (Wildman–Crippen MR) is 84.7 cm³/mol. The van der Waals surface area contributed by atoms with Crippen molar-refractivity contribution in [2.24, 2.45) is 4.99 Å². The summed E-state index contributed by atoms with van der Waals surface area (Å²) in [6.07, 6.45) is 1.07. The predicted octanol–water partition coefficient (Wildman–Crippen LogP) is 1.78. The third kappa shape index (κ3) is 6.04. The highest BCUT2D eigenvalue weighted by atomic mass is 127. The van der Waals surface area contributed by atoms with E-state index in [-0.39, 0.29) is 24.0 Å². The molecule has 5 nitrogen and oxygen atoms in total. The zero-order chi connectivity index (χ0) is 12.5. The van der Waals surface area contributed by atoms with Crippen LogP contribution in [0.4, 0.5) is 0 Å². The molecule has 0 unspecified atom stereocenters. The summed E-state index contributed by atoms with van der Waals surface area (Å²) < 4.78 is 5.07. The molecule has 0 bridgehead atoms. The lowest BCUT2D eigenvalue weighted by Crippen LogP contribution is -2.37. The smallest absolute Gasteiger partial charge is 0.213 e. The van der Waals surface area contributed by atoms with Gasteiger partial charge in [0.25, 0.3) is 0 Å². The topological polar surface area (TPSA) is 58.5 Å². The van der Waals surface area contributed by atoms with Crippen molar-refractivity contribution in [2.45, 2.75) is 19.9 Å². The van der Waals surface area contributed by atoms with Gasteiger partial charge in [-0.2, -0.15) is 0 Å². The number of aliphatic imine (C=N–C) groups is 1. The third-order valence-electron chi connectivity index (χ3n) is 2.19. The first kappa shape index (κ1) is 16.9. The number of halogens is 1. The van der Waals surface area contributed by atoms with E-state index in [9.17, 15) is 0 Å². The van der Waals surface area contributed by atoms with E-state index in [1.807, 2.05) is 18.2 Å². The number of hydrogen-bond acceptors (Lipinski definition) is 3. The maximum absolute atomic E-state index is 5.07. The van der Waals surface area contributed by atoms with E-state index >= 15 is 0 Å². The lowest BCUT2D eigenvalue weighted by atomic mass is 10.3. The molecule has 6 heteroatoms. The fourth-order valence-electron chi connectivity index (χ4n) is 1.31. The molecule has 0 aromatic carbocycles. The van der Waals surface area contributed by atoms with E-state index in [4.69, 9.17) is 4.74 Å². The minimum atomic E-state index is 0. The normalized spacial score (nSPS) is 10.5. The largest absolute Gasteiger partial charge is 0.481 e. The van der Waals surface area contributed by atoms with Gasteiger partial charge in [0.05, 0.1) is 19.3 Å². The molecule has 0 spiro atoms. The summed E-state index contributed by atoms with van der Waals surface area (Å²) in [6, 6.07) is 5.70. The van der Waals surface area contributed by atoms with Crippen molar-refractivity contribution in [2.75, 3.05) is 20.7 Å². The molecule has 0 aliphatic carbocycles. The number of hydrogen-bond donors (Lipinski definition) is 2. The van der Waals surface area contributed by atoms with Crippen LogP contribution in [-0.4, -0.2) is 31.6 Å². The van der Waals surface area contributed by atoms with Gasteiger partial charge in [-0.05, 0) is 12.5 Å². The van der Waals surface area contributed by atoms with Crippen LogP contribution in [0.1, 0.15) is 19.0 Å². The van der Waals surface area contributed by atoms with Gasteiger partial charge in [0.15, 0.2) is 5.96 Å². The summed E-state index contributed by atoms with van der Waals surface area (Å²) in [5.74, 6) is 1.41. The molecule has 0 aliphatic heterocycles. The van der Waals surface area contributed by atoms with Gasteiger partial charge < -0.3 is 15.4 Å². The second kappa shape index (κ2) is 9.93. The van der Waals surface area contributed by atoms with E-state index in [0.29, 0.717) is 12.4 Å². The fourth-order valence-corrected chi connectivity index (χ4v) is 1.31. The number of guanidine groups is 1. The van der Waals surface area contributed by atoms with Crippen molar-refractivity contribution >= 4 is 29.9 Å². The molecule has 0 atom stereocenters. The number of ether oxygens (including phenoxy) is 1. The minimum Gasteiger partial charge on any atom is -0.481 e. The van der Waals surface area contributed by atoms with Crippen LogP contribution >= 0.6 is 24.0 Å². The second-order valence-corrected chi connectivity index (χ2v) is 3.52. The zero-order valence-electron chi connectivity index (χ0n) is 11.1. The van der Waals surface area contributed by atoms with Crippen molar-refractivity contribution in [3.63, 3.8) is 0 Å². The average molecular weight is 364 g/mol. The SMILES string of the molecule is CCCNC(=NC)NCc1cccc(OC)n1.I. The van der Waals surface area contributed by atoms with Gasteiger partial charge >= 0.3 is 0 Å². The number of pyridine rings is 1. The summed E-state index contributed by atoms with van der Waals surface area (Å²) in [7, 11) is 3.37. The first-order valence-corrected chi connectivity index (χ1v) is 5.74. The molecule has 0 amide bonds. The third-order valence-corrected chi connectivity index (χ3v) is 2.19. The first-order chi connectivity index (χ1) is 8.30.